The molecule has 1 aromatic carbocycles. The Balaban J connectivity index is 1.62. The van der Waals surface area contributed by atoms with Gasteiger partial charge in [-0.05, 0) is 36.8 Å². The van der Waals surface area contributed by atoms with Crippen LogP contribution in [-0.2, 0) is 0 Å². The van der Waals surface area contributed by atoms with E-state index in [1.165, 1.54) is 6.33 Å². The molecule has 1 saturated heterocycles. The normalized spacial score (nSPS) is 17.5. The standard InChI is InChI=1S/C16H20N4O2/c1-11-4-2-3-5-13(11)14(21)12-6-8-20(9-7-12)16(22)15-17-10-18-19-15/h2-5,10,12,14,21H,6-9H2,1H3,(H,17,18,19). The van der Waals surface area contributed by atoms with Gasteiger partial charge in [-0.15, -0.1) is 0 Å². The van der Waals surface area contributed by atoms with Crippen molar-refractivity contribution in [3.05, 3.63) is 47.5 Å². The molecule has 1 aromatic heterocycles. The van der Waals surface area contributed by atoms with Crippen LogP contribution in [0.2, 0.25) is 0 Å². The van der Waals surface area contributed by atoms with Gasteiger partial charge in [0.05, 0.1) is 6.10 Å². The molecule has 0 saturated carbocycles. The summed E-state index contributed by atoms with van der Waals surface area (Å²) in [5.74, 6) is 0.333. The number of nitrogens with zero attached hydrogens (tertiary/aromatic N) is 3. The average Bonchev–Trinajstić information content (AvgIpc) is 3.09. The molecular formula is C16H20N4O2. The van der Waals surface area contributed by atoms with Crippen LogP contribution in [0.25, 0.3) is 0 Å². The molecule has 2 aromatic rings. The predicted octanol–water partition coefficient (Wildman–Crippen LogP) is 1.70. The minimum atomic E-state index is -0.469. The lowest BCUT2D eigenvalue weighted by Crippen LogP contribution is -2.40. The number of hydrogen-bond donors (Lipinski definition) is 2. The molecular weight excluding hydrogens is 280 g/mol. The van der Waals surface area contributed by atoms with Crippen molar-refractivity contribution in [1.82, 2.24) is 20.1 Å². The number of amides is 1. The lowest BCUT2D eigenvalue weighted by molar-refractivity contribution is 0.0453. The zero-order valence-electron chi connectivity index (χ0n) is 12.6. The molecule has 1 aliphatic rings. The molecule has 6 heteroatoms. The van der Waals surface area contributed by atoms with Crippen LogP contribution in [0, 0.1) is 12.8 Å². The fourth-order valence-corrected chi connectivity index (χ4v) is 3.05. The molecule has 6 nitrogen and oxygen atoms in total. The third-order valence-electron chi connectivity index (χ3n) is 4.40. The Morgan fingerprint density at radius 1 is 1.36 bits per heavy atom. The Labute approximate surface area is 129 Å². The second-order valence-corrected chi connectivity index (χ2v) is 5.77. The Morgan fingerprint density at radius 3 is 2.73 bits per heavy atom. The first-order valence-electron chi connectivity index (χ1n) is 7.55. The number of hydrogen-bond acceptors (Lipinski definition) is 4. The summed E-state index contributed by atoms with van der Waals surface area (Å²) in [6.07, 6.45) is 2.44. The number of piperidine rings is 1. The molecule has 2 heterocycles. The van der Waals surface area contributed by atoms with E-state index in [1.54, 1.807) is 4.90 Å². The number of aliphatic hydroxyl groups is 1. The summed E-state index contributed by atoms with van der Waals surface area (Å²) in [5, 5.41) is 16.9. The van der Waals surface area contributed by atoms with Crippen LogP contribution in [0.15, 0.2) is 30.6 Å². The number of likely N-dealkylation sites (tertiary alicyclic amines) is 1. The number of aromatic nitrogens is 3. The van der Waals surface area contributed by atoms with Crippen molar-refractivity contribution < 1.29 is 9.90 Å². The van der Waals surface area contributed by atoms with Crippen LogP contribution >= 0.6 is 0 Å². The van der Waals surface area contributed by atoms with Gasteiger partial charge in [0.15, 0.2) is 0 Å². The third kappa shape index (κ3) is 2.87. The molecule has 1 atom stereocenters. The summed E-state index contributed by atoms with van der Waals surface area (Å²) in [6, 6.07) is 7.92. The average molecular weight is 300 g/mol. The fraction of sp³-hybridized carbons (Fsp3) is 0.438. The third-order valence-corrected chi connectivity index (χ3v) is 4.40. The molecule has 1 unspecified atom stereocenters. The highest BCUT2D eigenvalue weighted by Gasteiger charge is 2.29. The van der Waals surface area contributed by atoms with Crippen molar-refractivity contribution in [3.63, 3.8) is 0 Å². The van der Waals surface area contributed by atoms with Crippen LogP contribution < -0.4 is 0 Å². The number of carbonyl (C=O) groups excluding carboxylic acids is 1. The maximum Gasteiger partial charge on any atom is 0.291 e. The van der Waals surface area contributed by atoms with Gasteiger partial charge in [-0.25, -0.2) is 4.98 Å². The number of carbonyl (C=O) groups is 1. The first-order valence-corrected chi connectivity index (χ1v) is 7.55. The Hall–Kier alpha value is -2.21. The van der Waals surface area contributed by atoms with E-state index in [-0.39, 0.29) is 17.6 Å². The number of rotatable bonds is 3. The minimum Gasteiger partial charge on any atom is -0.388 e. The molecule has 0 radical (unpaired) electrons. The van der Waals surface area contributed by atoms with Gasteiger partial charge in [-0.3, -0.25) is 9.89 Å². The van der Waals surface area contributed by atoms with Gasteiger partial charge >= 0.3 is 0 Å². The number of aromatic amines is 1. The summed E-state index contributed by atoms with van der Waals surface area (Å²) < 4.78 is 0. The predicted molar refractivity (Wildman–Crippen MR) is 81.1 cm³/mol. The molecule has 3 rings (SSSR count). The summed E-state index contributed by atoms with van der Waals surface area (Å²) in [4.78, 5) is 17.9. The van der Waals surface area contributed by atoms with Crippen molar-refractivity contribution in [3.8, 4) is 0 Å². The van der Waals surface area contributed by atoms with Gasteiger partial charge in [-0.1, -0.05) is 24.3 Å². The molecule has 0 spiro atoms. The number of benzene rings is 1. The number of aliphatic hydroxyl groups excluding tert-OH is 1. The highest BCUT2D eigenvalue weighted by molar-refractivity contribution is 5.90. The Morgan fingerprint density at radius 2 is 2.09 bits per heavy atom. The van der Waals surface area contributed by atoms with E-state index < -0.39 is 6.10 Å². The maximum atomic E-state index is 12.2. The Kier molecular flexibility index (Phi) is 4.20. The second-order valence-electron chi connectivity index (χ2n) is 5.77. The van der Waals surface area contributed by atoms with Gasteiger partial charge < -0.3 is 10.0 Å². The van der Waals surface area contributed by atoms with E-state index in [0.717, 1.165) is 24.0 Å². The zero-order valence-corrected chi connectivity index (χ0v) is 12.6. The lowest BCUT2D eigenvalue weighted by atomic mass is 9.86. The molecule has 22 heavy (non-hydrogen) atoms. The topological polar surface area (TPSA) is 82.1 Å². The van der Waals surface area contributed by atoms with E-state index in [9.17, 15) is 9.90 Å². The SMILES string of the molecule is Cc1ccccc1C(O)C1CCN(C(=O)c2ncn[nH]2)CC1. The van der Waals surface area contributed by atoms with E-state index in [1.807, 2.05) is 31.2 Å². The molecule has 0 bridgehead atoms. The molecule has 1 amide bonds. The molecule has 116 valence electrons. The number of nitrogens with one attached hydrogen (secondary N) is 1. The fourth-order valence-electron chi connectivity index (χ4n) is 3.05. The van der Waals surface area contributed by atoms with E-state index in [4.69, 9.17) is 0 Å². The summed E-state index contributed by atoms with van der Waals surface area (Å²) in [7, 11) is 0. The summed E-state index contributed by atoms with van der Waals surface area (Å²) in [5.41, 5.74) is 2.10. The zero-order chi connectivity index (χ0) is 15.5. The molecule has 2 N–H and O–H groups in total. The van der Waals surface area contributed by atoms with E-state index in [2.05, 4.69) is 15.2 Å². The van der Waals surface area contributed by atoms with E-state index >= 15 is 0 Å². The van der Waals surface area contributed by atoms with Crippen LogP contribution in [0.4, 0.5) is 0 Å². The second kappa shape index (κ2) is 6.27. The largest absolute Gasteiger partial charge is 0.388 e. The van der Waals surface area contributed by atoms with Crippen molar-refractivity contribution in [2.24, 2.45) is 5.92 Å². The van der Waals surface area contributed by atoms with Gasteiger partial charge in [0, 0.05) is 13.1 Å². The van der Waals surface area contributed by atoms with Gasteiger partial charge in [0.2, 0.25) is 5.82 Å². The highest BCUT2D eigenvalue weighted by atomic mass is 16.3. The van der Waals surface area contributed by atoms with Crippen molar-refractivity contribution in [2.45, 2.75) is 25.9 Å². The molecule has 0 aliphatic carbocycles. The van der Waals surface area contributed by atoms with E-state index in [0.29, 0.717) is 13.1 Å². The number of H-pyrrole nitrogens is 1. The minimum absolute atomic E-state index is 0.124. The van der Waals surface area contributed by atoms with Crippen LogP contribution in [-0.4, -0.2) is 44.2 Å². The van der Waals surface area contributed by atoms with Crippen molar-refractivity contribution >= 4 is 5.91 Å². The maximum absolute atomic E-state index is 12.2. The highest BCUT2D eigenvalue weighted by Crippen LogP contribution is 2.32. The van der Waals surface area contributed by atoms with Crippen LogP contribution in [0.5, 0.6) is 0 Å². The van der Waals surface area contributed by atoms with Gasteiger partial charge in [0.1, 0.15) is 6.33 Å². The lowest BCUT2D eigenvalue weighted by Gasteiger charge is -2.34. The smallest absolute Gasteiger partial charge is 0.291 e. The van der Waals surface area contributed by atoms with Crippen molar-refractivity contribution in [1.29, 1.82) is 0 Å². The monoisotopic (exact) mass is 300 g/mol. The number of aryl methyl sites for hydroxylation is 1. The molecule has 1 aliphatic heterocycles. The Bertz CT molecular complexity index is 633. The van der Waals surface area contributed by atoms with Crippen LogP contribution in [0.1, 0.15) is 40.7 Å². The first-order chi connectivity index (χ1) is 10.7. The quantitative estimate of drug-likeness (QED) is 0.904. The van der Waals surface area contributed by atoms with Gasteiger partial charge in [0.25, 0.3) is 5.91 Å². The summed E-state index contributed by atoms with van der Waals surface area (Å²) in [6.45, 7) is 3.28. The van der Waals surface area contributed by atoms with Crippen molar-refractivity contribution in [2.75, 3.05) is 13.1 Å². The first kappa shape index (κ1) is 14.7. The van der Waals surface area contributed by atoms with Crippen LogP contribution in [0.3, 0.4) is 0 Å². The van der Waals surface area contributed by atoms with Gasteiger partial charge in [-0.2, -0.15) is 5.10 Å². The molecule has 1 fully saturated rings. The summed E-state index contributed by atoms with van der Waals surface area (Å²) >= 11 is 0.